The first-order valence-corrected chi connectivity index (χ1v) is 4.37. The average molecular weight is 385 g/mol. The average Bonchev–Trinajstić information content (AvgIpc) is 1.97. The molecule has 1 saturated heterocycles. The van der Waals surface area contributed by atoms with Gasteiger partial charge in [-0.1, -0.05) is 13.8 Å². The summed E-state index contributed by atoms with van der Waals surface area (Å²) in [6.07, 6.45) is -0.0131. The topological polar surface area (TPSA) is 29.5 Å². The maximum absolute atomic E-state index is 9.61. The van der Waals surface area contributed by atoms with Gasteiger partial charge in [-0.25, -0.2) is 0 Å². The van der Waals surface area contributed by atoms with Gasteiger partial charge in [0.2, 0.25) is 0 Å². The van der Waals surface area contributed by atoms with Crippen LogP contribution in [0, 0.1) is 55.9 Å². The SMILES string of the molecule is CC1OC(C)C(O)C(C)C1C.[Ac]. The van der Waals surface area contributed by atoms with Crippen molar-refractivity contribution in [3.05, 3.63) is 0 Å². The molecule has 5 atom stereocenters. The minimum absolute atomic E-state index is 0. The van der Waals surface area contributed by atoms with Crippen LogP contribution in [0.25, 0.3) is 0 Å². The van der Waals surface area contributed by atoms with E-state index in [1.54, 1.807) is 0 Å². The van der Waals surface area contributed by atoms with E-state index in [0.29, 0.717) is 11.8 Å². The Morgan fingerprint density at radius 3 is 1.92 bits per heavy atom. The van der Waals surface area contributed by atoms with Crippen LogP contribution in [0.4, 0.5) is 0 Å². The molecule has 0 aromatic carbocycles. The van der Waals surface area contributed by atoms with Crippen molar-refractivity contribution in [2.75, 3.05) is 0 Å². The van der Waals surface area contributed by atoms with Gasteiger partial charge < -0.3 is 9.84 Å². The molecule has 1 heterocycles. The number of aliphatic hydroxyl groups excluding tert-OH is 1. The summed E-state index contributed by atoms with van der Waals surface area (Å²) in [6.45, 7) is 8.22. The number of rotatable bonds is 0. The zero-order chi connectivity index (χ0) is 8.59. The van der Waals surface area contributed by atoms with Crippen LogP contribution in [-0.4, -0.2) is 23.4 Å². The summed E-state index contributed by atoms with van der Waals surface area (Å²) in [5, 5.41) is 9.61. The number of hydrogen-bond acceptors (Lipinski definition) is 2. The van der Waals surface area contributed by atoms with Crippen LogP contribution in [0.15, 0.2) is 0 Å². The van der Waals surface area contributed by atoms with Crippen LogP contribution in [0.2, 0.25) is 0 Å². The van der Waals surface area contributed by atoms with E-state index < -0.39 is 0 Å². The van der Waals surface area contributed by atoms with Gasteiger partial charge in [0.1, 0.15) is 0 Å². The molecule has 3 heteroatoms. The van der Waals surface area contributed by atoms with Gasteiger partial charge in [0.25, 0.3) is 0 Å². The largest absolute Gasteiger partial charge is 0.390 e. The minimum Gasteiger partial charge on any atom is -0.390 e. The van der Waals surface area contributed by atoms with Crippen LogP contribution < -0.4 is 0 Å². The van der Waals surface area contributed by atoms with Gasteiger partial charge in [0, 0.05) is 44.1 Å². The summed E-state index contributed by atoms with van der Waals surface area (Å²) in [7, 11) is 0. The summed E-state index contributed by atoms with van der Waals surface area (Å²) in [5.74, 6) is 0.815. The van der Waals surface area contributed by atoms with Crippen molar-refractivity contribution in [3.8, 4) is 0 Å². The Morgan fingerprint density at radius 1 is 0.917 bits per heavy atom. The Labute approximate surface area is 111 Å². The first kappa shape index (κ1) is 13.4. The second kappa shape index (κ2) is 5.29. The van der Waals surface area contributed by atoms with Crippen molar-refractivity contribution in [1.29, 1.82) is 0 Å². The number of aliphatic hydroxyl groups is 1. The summed E-state index contributed by atoms with van der Waals surface area (Å²) in [4.78, 5) is 0. The van der Waals surface area contributed by atoms with Crippen LogP contribution in [-0.2, 0) is 4.74 Å². The number of ether oxygens (including phenoxy) is 1. The van der Waals surface area contributed by atoms with Crippen LogP contribution in [0.5, 0.6) is 0 Å². The summed E-state index contributed by atoms with van der Waals surface area (Å²) < 4.78 is 5.53. The molecule has 69 valence electrons. The van der Waals surface area contributed by atoms with Crippen LogP contribution in [0.3, 0.4) is 0 Å². The maximum atomic E-state index is 9.61. The van der Waals surface area contributed by atoms with Crippen molar-refractivity contribution >= 4 is 0 Å². The van der Waals surface area contributed by atoms with E-state index in [0.717, 1.165) is 0 Å². The van der Waals surface area contributed by atoms with Crippen molar-refractivity contribution in [2.45, 2.75) is 46.0 Å². The van der Waals surface area contributed by atoms with Gasteiger partial charge in [-0.05, 0) is 25.7 Å². The van der Waals surface area contributed by atoms with Gasteiger partial charge in [0.05, 0.1) is 18.3 Å². The Hall–Kier alpha value is 1.36. The Kier molecular flexibility index (Phi) is 5.89. The third kappa shape index (κ3) is 2.67. The van der Waals surface area contributed by atoms with E-state index >= 15 is 0 Å². The van der Waals surface area contributed by atoms with E-state index in [4.69, 9.17) is 4.74 Å². The standard InChI is InChI=1S/C9H18O2.Ac/c1-5-6(2)9(10)8(4)11-7(5)3;/h5-10H,1-4H3;. The molecule has 1 fully saturated rings. The van der Waals surface area contributed by atoms with Crippen molar-refractivity contribution in [1.82, 2.24) is 0 Å². The summed E-state index contributed by atoms with van der Waals surface area (Å²) in [5.41, 5.74) is 0. The predicted octanol–water partition coefficient (Wildman–Crippen LogP) is 1.43. The molecule has 5 unspecified atom stereocenters. The van der Waals surface area contributed by atoms with E-state index in [9.17, 15) is 5.11 Å². The van der Waals surface area contributed by atoms with E-state index in [1.165, 1.54) is 0 Å². The normalized spacial score (nSPS) is 48.2. The van der Waals surface area contributed by atoms with E-state index in [1.807, 2.05) is 6.92 Å². The zero-order valence-electron chi connectivity index (χ0n) is 8.32. The third-order valence-corrected chi connectivity index (χ3v) is 3.02. The third-order valence-electron chi connectivity index (χ3n) is 3.02. The molecule has 0 bridgehead atoms. The van der Waals surface area contributed by atoms with Gasteiger partial charge in [-0.15, -0.1) is 0 Å². The van der Waals surface area contributed by atoms with Crippen molar-refractivity contribution < 1.29 is 53.9 Å². The smallest absolute Gasteiger partial charge is 0.0828 e. The van der Waals surface area contributed by atoms with Crippen molar-refractivity contribution in [3.63, 3.8) is 0 Å². The Morgan fingerprint density at radius 2 is 1.42 bits per heavy atom. The van der Waals surface area contributed by atoms with Gasteiger partial charge in [-0.2, -0.15) is 0 Å². The molecule has 0 aromatic rings. The summed E-state index contributed by atoms with van der Waals surface area (Å²) >= 11 is 0. The molecular formula is C9H18AcO2. The molecule has 0 saturated carbocycles. The molecule has 0 spiro atoms. The van der Waals surface area contributed by atoms with Crippen LogP contribution in [0.1, 0.15) is 27.7 Å². The molecule has 1 aliphatic rings. The molecular weight excluding hydrogens is 367 g/mol. The van der Waals surface area contributed by atoms with E-state index in [-0.39, 0.29) is 62.4 Å². The van der Waals surface area contributed by atoms with Crippen LogP contribution >= 0.6 is 0 Å². The van der Waals surface area contributed by atoms with Gasteiger partial charge in [-0.3, -0.25) is 0 Å². The molecule has 12 heavy (non-hydrogen) atoms. The van der Waals surface area contributed by atoms with Crippen molar-refractivity contribution in [2.24, 2.45) is 11.8 Å². The fourth-order valence-electron chi connectivity index (χ4n) is 1.71. The fourth-order valence-corrected chi connectivity index (χ4v) is 1.71. The predicted molar refractivity (Wildman–Crippen MR) is 44.3 cm³/mol. The first-order chi connectivity index (χ1) is 5.04. The Balaban J connectivity index is 0.00000121. The molecule has 0 aromatic heterocycles. The molecule has 1 N–H and O–H groups in total. The zero-order valence-corrected chi connectivity index (χ0v) is 13.1. The molecule has 0 aliphatic carbocycles. The van der Waals surface area contributed by atoms with Gasteiger partial charge >= 0.3 is 0 Å². The molecule has 1 radical (unpaired) electrons. The fraction of sp³-hybridized carbons (Fsp3) is 1.00. The Bertz CT molecular complexity index is 126. The number of hydrogen-bond donors (Lipinski definition) is 1. The molecule has 2 nitrogen and oxygen atoms in total. The van der Waals surface area contributed by atoms with E-state index in [2.05, 4.69) is 20.8 Å². The summed E-state index contributed by atoms with van der Waals surface area (Å²) in [6, 6.07) is 0. The molecule has 1 rings (SSSR count). The minimum atomic E-state index is -0.291. The first-order valence-electron chi connectivity index (χ1n) is 4.37. The monoisotopic (exact) mass is 385 g/mol. The maximum Gasteiger partial charge on any atom is 0.0828 e. The van der Waals surface area contributed by atoms with Gasteiger partial charge in [0.15, 0.2) is 0 Å². The molecule has 0 amide bonds. The second-order valence-electron chi connectivity index (χ2n) is 3.76. The quantitative estimate of drug-likeness (QED) is 0.684. The molecule has 1 aliphatic heterocycles. The second-order valence-corrected chi connectivity index (χ2v) is 3.76.